The first kappa shape index (κ1) is 13.4. The highest BCUT2D eigenvalue weighted by molar-refractivity contribution is 6.05. The average Bonchev–Trinajstić information content (AvgIpc) is 2.80. The molecule has 4 rings (SSSR count). The molecule has 0 unspecified atom stereocenters. The van der Waals surface area contributed by atoms with Gasteiger partial charge >= 0.3 is 0 Å². The number of nitrogens with zero attached hydrogens (tertiary/aromatic N) is 1. The van der Waals surface area contributed by atoms with Crippen molar-refractivity contribution in [2.24, 2.45) is 11.8 Å². The zero-order valence-electron chi connectivity index (χ0n) is 12.1. The second-order valence-electron chi connectivity index (χ2n) is 5.94. The molecule has 2 amide bonds. The molecule has 1 aliphatic carbocycles. The lowest BCUT2D eigenvalue weighted by Crippen LogP contribution is -2.44. The molecule has 3 aliphatic rings. The SMILES string of the molecule is O=C1[C@H]2CC=CC[C@@H]2C(=O)N1C[C@H]1COc2ccccc2O1. The fourth-order valence-corrected chi connectivity index (χ4v) is 3.41. The van der Waals surface area contributed by atoms with Crippen molar-refractivity contribution in [2.45, 2.75) is 18.9 Å². The number of ether oxygens (including phenoxy) is 2. The quantitative estimate of drug-likeness (QED) is 0.617. The van der Waals surface area contributed by atoms with Crippen molar-refractivity contribution in [1.29, 1.82) is 0 Å². The van der Waals surface area contributed by atoms with Gasteiger partial charge in [-0.15, -0.1) is 0 Å². The Bertz CT molecular complexity index is 628. The van der Waals surface area contributed by atoms with E-state index in [2.05, 4.69) is 0 Å². The zero-order chi connectivity index (χ0) is 15.1. The lowest BCUT2D eigenvalue weighted by atomic mass is 9.85. The summed E-state index contributed by atoms with van der Waals surface area (Å²) in [7, 11) is 0. The third-order valence-corrected chi connectivity index (χ3v) is 4.55. The van der Waals surface area contributed by atoms with E-state index in [1.807, 2.05) is 36.4 Å². The summed E-state index contributed by atoms with van der Waals surface area (Å²) in [6.07, 6.45) is 5.00. The number of hydrogen-bond acceptors (Lipinski definition) is 4. The standard InChI is InChI=1S/C17H17NO4/c19-16-12-5-1-2-6-13(12)17(20)18(16)9-11-10-21-14-7-3-4-8-15(14)22-11/h1-4,7-8,11-13H,5-6,9-10H2/t11-,12-,13-/m0/s1. The van der Waals surface area contributed by atoms with E-state index in [1.165, 1.54) is 4.90 Å². The van der Waals surface area contributed by atoms with Gasteiger partial charge < -0.3 is 9.47 Å². The Hall–Kier alpha value is -2.30. The Labute approximate surface area is 128 Å². The number of hydrogen-bond donors (Lipinski definition) is 0. The topological polar surface area (TPSA) is 55.8 Å². The Morgan fingerprint density at radius 3 is 2.32 bits per heavy atom. The highest BCUT2D eigenvalue weighted by Crippen LogP contribution is 2.36. The summed E-state index contributed by atoms with van der Waals surface area (Å²) >= 11 is 0. The first-order valence-electron chi connectivity index (χ1n) is 7.63. The minimum absolute atomic E-state index is 0.0678. The predicted octanol–water partition coefficient (Wildman–Crippen LogP) is 1.78. The van der Waals surface area contributed by atoms with Gasteiger partial charge in [-0.05, 0) is 25.0 Å². The molecule has 5 nitrogen and oxygen atoms in total. The molecule has 0 aromatic heterocycles. The summed E-state index contributed by atoms with van der Waals surface area (Å²) in [5.41, 5.74) is 0. The first-order chi connectivity index (χ1) is 10.7. The van der Waals surface area contributed by atoms with Gasteiger partial charge in [0, 0.05) is 0 Å². The molecule has 0 bridgehead atoms. The minimum Gasteiger partial charge on any atom is -0.486 e. The highest BCUT2D eigenvalue weighted by Gasteiger charge is 2.48. The molecule has 1 fully saturated rings. The number of likely N-dealkylation sites (tertiary alicyclic amines) is 1. The average molecular weight is 299 g/mol. The number of carbonyl (C=O) groups excluding carboxylic acids is 2. The molecule has 0 saturated carbocycles. The van der Waals surface area contributed by atoms with Gasteiger partial charge in [-0.2, -0.15) is 0 Å². The number of benzene rings is 1. The first-order valence-corrected chi connectivity index (χ1v) is 7.63. The number of para-hydroxylation sites is 2. The molecule has 2 heterocycles. The zero-order valence-corrected chi connectivity index (χ0v) is 12.1. The minimum atomic E-state index is -0.309. The van der Waals surface area contributed by atoms with Crippen molar-refractivity contribution in [1.82, 2.24) is 4.90 Å². The van der Waals surface area contributed by atoms with Crippen LogP contribution in [-0.2, 0) is 9.59 Å². The third-order valence-electron chi connectivity index (χ3n) is 4.55. The van der Waals surface area contributed by atoms with E-state index in [0.717, 1.165) is 0 Å². The van der Waals surface area contributed by atoms with E-state index >= 15 is 0 Å². The molecule has 1 saturated heterocycles. The molecule has 0 N–H and O–H groups in total. The van der Waals surface area contributed by atoms with Crippen LogP contribution in [0.15, 0.2) is 36.4 Å². The van der Waals surface area contributed by atoms with Crippen molar-refractivity contribution in [3.05, 3.63) is 36.4 Å². The number of rotatable bonds is 2. The molecule has 1 aromatic rings. The molecular weight excluding hydrogens is 282 g/mol. The Morgan fingerprint density at radius 2 is 1.64 bits per heavy atom. The summed E-state index contributed by atoms with van der Waals surface area (Å²) in [4.78, 5) is 26.3. The van der Waals surface area contributed by atoms with Crippen LogP contribution in [0.4, 0.5) is 0 Å². The second kappa shape index (κ2) is 5.16. The van der Waals surface area contributed by atoms with Crippen LogP contribution in [0, 0.1) is 11.8 Å². The number of amides is 2. The van der Waals surface area contributed by atoms with Gasteiger partial charge in [-0.25, -0.2) is 0 Å². The fraction of sp³-hybridized carbons (Fsp3) is 0.412. The molecule has 0 radical (unpaired) electrons. The maximum atomic E-state index is 12.4. The van der Waals surface area contributed by atoms with E-state index in [1.54, 1.807) is 0 Å². The molecule has 22 heavy (non-hydrogen) atoms. The van der Waals surface area contributed by atoms with Gasteiger partial charge in [-0.1, -0.05) is 24.3 Å². The van der Waals surface area contributed by atoms with Gasteiger partial charge in [0.1, 0.15) is 6.61 Å². The van der Waals surface area contributed by atoms with Gasteiger partial charge in [-0.3, -0.25) is 14.5 Å². The summed E-state index contributed by atoms with van der Waals surface area (Å²) in [6, 6.07) is 7.43. The summed E-state index contributed by atoms with van der Waals surface area (Å²) < 4.78 is 11.5. The molecule has 2 aliphatic heterocycles. The van der Waals surface area contributed by atoms with E-state index in [0.29, 0.717) is 30.9 Å². The molecule has 3 atom stereocenters. The third kappa shape index (κ3) is 2.08. The maximum absolute atomic E-state index is 12.4. The van der Waals surface area contributed by atoms with Crippen molar-refractivity contribution in [3.8, 4) is 11.5 Å². The van der Waals surface area contributed by atoms with E-state index < -0.39 is 0 Å². The van der Waals surface area contributed by atoms with Crippen molar-refractivity contribution >= 4 is 11.8 Å². The van der Waals surface area contributed by atoms with Crippen molar-refractivity contribution in [3.63, 3.8) is 0 Å². The van der Waals surface area contributed by atoms with Gasteiger partial charge in [0.15, 0.2) is 17.6 Å². The van der Waals surface area contributed by atoms with Crippen LogP contribution in [0.5, 0.6) is 11.5 Å². The number of carbonyl (C=O) groups is 2. The largest absolute Gasteiger partial charge is 0.486 e. The summed E-state index contributed by atoms with van der Waals surface area (Å²) in [6.45, 7) is 0.612. The molecule has 114 valence electrons. The van der Waals surface area contributed by atoms with Gasteiger partial charge in [0.05, 0.1) is 18.4 Å². The van der Waals surface area contributed by atoms with Crippen LogP contribution in [0.2, 0.25) is 0 Å². The molecular formula is C17H17NO4. The van der Waals surface area contributed by atoms with Crippen LogP contribution >= 0.6 is 0 Å². The van der Waals surface area contributed by atoms with E-state index in [4.69, 9.17) is 9.47 Å². The monoisotopic (exact) mass is 299 g/mol. The molecule has 0 spiro atoms. The lowest BCUT2D eigenvalue weighted by Gasteiger charge is -2.29. The van der Waals surface area contributed by atoms with E-state index in [-0.39, 0.29) is 36.3 Å². The normalized spacial score (nSPS) is 29.6. The molecule has 1 aromatic carbocycles. The number of fused-ring (bicyclic) bond motifs is 2. The van der Waals surface area contributed by atoms with Crippen LogP contribution in [-0.4, -0.2) is 36.0 Å². The number of allylic oxidation sites excluding steroid dienone is 2. The van der Waals surface area contributed by atoms with Crippen molar-refractivity contribution < 1.29 is 19.1 Å². The summed E-state index contributed by atoms with van der Waals surface area (Å²) in [5, 5.41) is 0. The van der Waals surface area contributed by atoms with Crippen LogP contribution in [0.3, 0.4) is 0 Å². The lowest BCUT2D eigenvalue weighted by molar-refractivity contribution is -0.141. The number of imide groups is 1. The Kier molecular flexibility index (Phi) is 3.13. The van der Waals surface area contributed by atoms with Crippen LogP contribution in [0.25, 0.3) is 0 Å². The fourth-order valence-electron chi connectivity index (χ4n) is 3.41. The maximum Gasteiger partial charge on any atom is 0.233 e. The van der Waals surface area contributed by atoms with Crippen LogP contribution in [0.1, 0.15) is 12.8 Å². The second-order valence-corrected chi connectivity index (χ2v) is 5.94. The Morgan fingerprint density at radius 1 is 1.00 bits per heavy atom. The summed E-state index contributed by atoms with van der Waals surface area (Å²) in [5.74, 6) is 0.861. The van der Waals surface area contributed by atoms with E-state index in [9.17, 15) is 9.59 Å². The van der Waals surface area contributed by atoms with Crippen LogP contribution < -0.4 is 9.47 Å². The predicted molar refractivity (Wildman–Crippen MR) is 78.4 cm³/mol. The van der Waals surface area contributed by atoms with Crippen molar-refractivity contribution in [2.75, 3.05) is 13.2 Å². The highest BCUT2D eigenvalue weighted by atomic mass is 16.6. The molecule has 5 heteroatoms. The Balaban J connectivity index is 1.48. The smallest absolute Gasteiger partial charge is 0.233 e. The van der Waals surface area contributed by atoms with Gasteiger partial charge in [0.25, 0.3) is 0 Å². The van der Waals surface area contributed by atoms with Gasteiger partial charge in [0.2, 0.25) is 11.8 Å².